The second-order valence-corrected chi connectivity index (χ2v) is 9.61. The van der Waals surface area contributed by atoms with Gasteiger partial charge in [-0.25, -0.2) is 17.5 Å². The van der Waals surface area contributed by atoms with Crippen LogP contribution in [0, 0.1) is 17.5 Å². The van der Waals surface area contributed by atoms with Gasteiger partial charge in [0.1, 0.15) is 17.5 Å². The molecule has 4 rings (SSSR count). The maximum Gasteiger partial charge on any atom is 0.225 e. The van der Waals surface area contributed by atoms with Gasteiger partial charge in [-0.1, -0.05) is 36.2 Å². The SMILES string of the molecule is CSN1CCNC[C@@H]1CCc1c(F)cncc1NC(=O)CC(c1ccc(F)cc1)c1ccc(F)cc1. The molecule has 1 aliphatic rings. The molecule has 2 N–H and O–H groups in total. The van der Waals surface area contributed by atoms with Crippen LogP contribution in [0.25, 0.3) is 0 Å². The van der Waals surface area contributed by atoms with Crippen molar-refractivity contribution in [2.75, 3.05) is 31.2 Å². The number of amides is 1. The zero-order chi connectivity index (χ0) is 25.5. The molecule has 0 bridgehead atoms. The molecule has 190 valence electrons. The lowest BCUT2D eigenvalue weighted by Crippen LogP contribution is -2.48. The molecule has 2 aromatic carbocycles. The summed E-state index contributed by atoms with van der Waals surface area (Å²) in [6.45, 7) is 2.67. The lowest BCUT2D eigenvalue weighted by Gasteiger charge is -2.34. The highest BCUT2D eigenvalue weighted by Gasteiger charge is 2.24. The third kappa shape index (κ3) is 6.66. The Morgan fingerprint density at radius 3 is 2.33 bits per heavy atom. The molecular formula is C27H29F3N4OS. The summed E-state index contributed by atoms with van der Waals surface area (Å²) in [7, 11) is 0. The molecule has 1 aliphatic heterocycles. The van der Waals surface area contributed by atoms with E-state index in [9.17, 15) is 18.0 Å². The van der Waals surface area contributed by atoms with Gasteiger partial charge in [-0.2, -0.15) is 0 Å². The highest BCUT2D eigenvalue weighted by Crippen LogP contribution is 2.30. The van der Waals surface area contributed by atoms with Crippen molar-refractivity contribution < 1.29 is 18.0 Å². The van der Waals surface area contributed by atoms with Gasteiger partial charge in [-0.05, 0) is 54.5 Å². The summed E-state index contributed by atoms with van der Waals surface area (Å²) in [5.74, 6) is -2.00. The molecule has 1 fully saturated rings. The molecule has 9 heteroatoms. The quantitative estimate of drug-likeness (QED) is 0.387. The number of carbonyl (C=O) groups excluding carboxylic acids is 1. The number of aromatic nitrogens is 1. The van der Waals surface area contributed by atoms with Gasteiger partial charge in [0.15, 0.2) is 0 Å². The van der Waals surface area contributed by atoms with Gasteiger partial charge in [0, 0.05) is 43.6 Å². The fourth-order valence-corrected chi connectivity index (χ4v) is 5.32. The molecule has 2 heterocycles. The van der Waals surface area contributed by atoms with Crippen molar-refractivity contribution in [2.45, 2.75) is 31.2 Å². The van der Waals surface area contributed by atoms with E-state index in [0.29, 0.717) is 17.7 Å². The fourth-order valence-electron chi connectivity index (χ4n) is 4.57. The number of hydrogen-bond donors (Lipinski definition) is 2. The highest BCUT2D eigenvalue weighted by molar-refractivity contribution is 7.96. The minimum absolute atomic E-state index is 0.0139. The lowest BCUT2D eigenvalue weighted by atomic mass is 9.88. The second kappa shape index (κ2) is 12.4. The van der Waals surface area contributed by atoms with Crippen molar-refractivity contribution in [3.63, 3.8) is 0 Å². The normalized spacial score (nSPS) is 16.3. The maximum atomic E-state index is 14.8. The van der Waals surface area contributed by atoms with Crippen molar-refractivity contribution in [1.82, 2.24) is 14.6 Å². The monoisotopic (exact) mass is 514 g/mol. The standard InChI is InChI=1S/C27H29F3N4OS/c1-36-34-13-12-31-15-22(34)10-11-23-25(30)16-32-17-26(23)33-27(35)14-24(18-2-6-20(28)7-3-18)19-4-8-21(29)9-5-19/h2-9,16-17,22,24,31H,10-15H2,1H3,(H,33,35)/t22-/m0/s1. The van der Waals surface area contributed by atoms with Crippen LogP contribution in [0.4, 0.5) is 18.9 Å². The number of nitrogens with zero attached hydrogens (tertiary/aromatic N) is 2. The summed E-state index contributed by atoms with van der Waals surface area (Å²) in [6.07, 6.45) is 5.86. The third-order valence-electron chi connectivity index (χ3n) is 6.47. The van der Waals surface area contributed by atoms with Crippen LogP contribution < -0.4 is 10.6 Å². The van der Waals surface area contributed by atoms with Gasteiger partial charge >= 0.3 is 0 Å². The molecule has 1 aromatic heterocycles. The average Bonchev–Trinajstić information content (AvgIpc) is 2.88. The molecule has 1 atom stereocenters. The summed E-state index contributed by atoms with van der Waals surface area (Å²) in [5, 5.41) is 6.21. The van der Waals surface area contributed by atoms with E-state index >= 15 is 0 Å². The van der Waals surface area contributed by atoms with Crippen LogP contribution in [0.15, 0.2) is 60.9 Å². The number of nitrogens with one attached hydrogen (secondary N) is 2. The van der Waals surface area contributed by atoms with E-state index in [0.717, 1.165) is 43.4 Å². The zero-order valence-electron chi connectivity index (χ0n) is 20.0. The summed E-state index contributed by atoms with van der Waals surface area (Å²) in [6, 6.07) is 12.0. The van der Waals surface area contributed by atoms with Gasteiger partial charge in [0.05, 0.1) is 18.1 Å². The van der Waals surface area contributed by atoms with Crippen LogP contribution in [0.5, 0.6) is 0 Å². The Bertz CT molecular complexity index is 1120. The first-order chi connectivity index (χ1) is 17.4. The number of halogens is 3. The Labute approximate surface area is 213 Å². The maximum absolute atomic E-state index is 14.8. The van der Waals surface area contributed by atoms with Crippen LogP contribution in [0.2, 0.25) is 0 Å². The number of hydrogen-bond acceptors (Lipinski definition) is 5. The number of piperazine rings is 1. The van der Waals surface area contributed by atoms with Crippen LogP contribution in [-0.4, -0.2) is 47.1 Å². The number of benzene rings is 2. The van der Waals surface area contributed by atoms with Crippen LogP contribution in [0.3, 0.4) is 0 Å². The number of rotatable bonds is 9. The summed E-state index contributed by atoms with van der Waals surface area (Å²) in [4.78, 5) is 17.1. The molecule has 0 aliphatic carbocycles. The van der Waals surface area contributed by atoms with Crippen molar-refractivity contribution in [2.24, 2.45) is 0 Å². The summed E-state index contributed by atoms with van der Waals surface area (Å²) < 4.78 is 44.1. The van der Waals surface area contributed by atoms with Crippen molar-refractivity contribution in [3.8, 4) is 0 Å². The van der Waals surface area contributed by atoms with Crippen LogP contribution in [-0.2, 0) is 11.2 Å². The summed E-state index contributed by atoms with van der Waals surface area (Å²) in [5.41, 5.74) is 2.21. The van der Waals surface area contributed by atoms with Crippen molar-refractivity contribution in [1.29, 1.82) is 0 Å². The first-order valence-corrected chi connectivity index (χ1v) is 13.1. The zero-order valence-corrected chi connectivity index (χ0v) is 20.8. The second-order valence-electron chi connectivity index (χ2n) is 8.78. The fraction of sp³-hybridized carbons (Fsp3) is 0.333. The molecule has 5 nitrogen and oxygen atoms in total. The molecule has 0 radical (unpaired) electrons. The first-order valence-electron chi connectivity index (χ1n) is 11.9. The first kappa shape index (κ1) is 26.2. The highest BCUT2D eigenvalue weighted by atomic mass is 32.2. The van der Waals surface area contributed by atoms with Crippen molar-refractivity contribution >= 4 is 23.5 Å². The minimum Gasteiger partial charge on any atom is -0.324 e. The number of pyridine rings is 1. The Kier molecular flexibility index (Phi) is 9.01. The Hall–Kier alpha value is -2.88. The number of carbonyl (C=O) groups is 1. The predicted molar refractivity (Wildman–Crippen MR) is 137 cm³/mol. The minimum atomic E-state index is -0.458. The van der Waals surface area contributed by atoms with Gasteiger partial charge in [0.25, 0.3) is 0 Å². The average molecular weight is 515 g/mol. The van der Waals surface area contributed by atoms with E-state index in [1.165, 1.54) is 30.5 Å². The topological polar surface area (TPSA) is 57.3 Å². The van der Waals surface area contributed by atoms with Crippen molar-refractivity contribution in [3.05, 3.63) is 95.1 Å². The van der Waals surface area contributed by atoms with Crippen LogP contribution >= 0.6 is 11.9 Å². The predicted octanol–water partition coefficient (Wildman–Crippen LogP) is 5.14. The lowest BCUT2D eigenvalue weighted by molar-refractivity contribution is -0.116. The van der Waals surface area contributed by atoms with Gasteiger partial charge in [-0.3, -0.25) is 9.78 Å². The molecule has 3 aromatic rings. The molecule has 0 unspecified atom stereocenters. The Morgan fingerprint density at radius 1 is 1.08 bits per heavy atom. The molecule has 1 saturated heterocycles. The number of anilines is 1. The van der Waals surface area contributed by atoms with E-state index in [2.05, 4.69) is 19.9 Å². The Morgan fingerprint density at radius 2 is 1.72 bits per heavy atom. The van der Waals surface area contributed by atoms with Gasteiger partial charge < -0.3 is 10.6 Å². The molecule has 36 heavy (non-hydrogen) atoms. The van der Waals surface area contributed by atoms with E-state index in [1.807, 2.05) is 6.26 Å². The molecule has 0 saturated carbocycles. The van der Waals surface area contributed by atoms with Gasteiger partial charge in [-0.15, -0.1) is 0 Å². The smallest absolute Gasteiger partial charge is 0.225 e. The summed E-state index contributed by atoms with van der Waals surface area (Å²) >= 11 is 1.68. The van der Waals surface area contributed by atoms with Gasteiger partial charge in [0.2, 0.25) is 5.91 Å². The largest absolute Gasteiger partial charge is 0.324 e. The van der Waals surface area contributed by atoms with E-state index in [1.54, 1.807) is 36.2 Å². The Balaban J connectivity index is 1.50. The van der Waals surface area contributed by atoms with E-state index in [4.69, 9.17) is 0 Å². The molecule has 0 spiro atoms. The molecule has 1 amide bonds. The van der Waals surface area contributed by atoms with Crippen LogP contribution in [0.1, 0.15) is 35.4 Å². The van der Waals surface area contributed by atoms with E-state index in [-0.39, 0.29) is 30.0 Å². The van der Waals surface area contributed by atoms with E-state index < -0.39 is 11.7 Å². The third-order valence-corrected chi connectivity index (χ3v) is 7.42. The molecular weight excluding hydrogens is 485 g/mol.